The van der Waals surface area contributed by atoms with Crippen molar-refractivity contribution >= 4 is 23.3 Å². The molecule has 1 fully saturated rings. The summed E-state index contributed by atoms with van der Waals surface area (Å²) in [6, 6.07) is 0. The summed E-state index contributed by atoms with van der Waals surface area (Å²) in [5, 5.41) is 6.61. The predicted molar refractivity (Wildman–Crippen MR) is 75.3 cm³/mol. The third-order valence-corrected chi connectivity index (χ3v) is 3.38. The van der Waals surface area contributed by atoms with E-state index in [0.29, 0.717) is 18.2 Å². The van der Waals surface area contributed by atoms with E-state index >= 15 is 0 Å². The predicted octanol–water partition coefficient (Wildman–Crippen LogP) is 2.02. The third-order valence-electron chi connectivity index (χ3n) is 3.06. The van der Waals surface area contributed by atoms with Crippen molar-refractivity contribution < 1.29 is 4.79 Å². The molecule has 104 valence electrons. The Hall–Kier alpha value is -1.36. The number of rotatable bonds is 7. The number of carbonyl (C=O) groups is 1. The molecule has 0 unspecified atom stereocenters. The maximum Gasteiger partial charge on any atom is 0.223 e. The van der Waals surface area contributed by atoms with E-state index < -0.39 is 0 Å². The van der Waals surface area contributed by atoms with Crippen LogP contribution in [-0.2, 0) is 11.2 Å². The molecule has 0 radical (unpaired) electrons. The van der Waals surface area contributed by atoms with Gasteiger partial charge in [0.1, 0.15) is 17.3 Å². The van der Waals surface area contributed by atoms with E-state index in [9.17, 15) is 4.79 Å². The van der Waals surface area contributed by atoms with Gasteiger partial charge in [-0.2, -0.15) is 0 Å². The lowest BCUT2D eigenvalue weighted by atomic mass is 10.2. The van der Waals surface area contributed by atoms with Gasteiger partial charge in [-0.1, -0.05) is 24.9 Å². The van der Waals surface area contributed by atoms with E-state index in [1.54, 1.807) is 0 Å². The van der Waals surface area contributed by atoms with Gasteiger partial charge in [0.15, 0.2) is 0 Å². The first-order chi connectivity index (χ1) is 9.22. The molecule has 1 saturated carbocycles. The molecule has 0 aromatic carbocycles. The Kier molecular flexibility index (Phi) is 4.96. The maximum absolute atomic E-state index is 11.5. The normalized spacial score (nSPS) is 14.2. The fraction of sp³-hybridized carbons (Fsp3) is 0.615. The highest BCUT2D eigenvalue weighted by molar-refractivity contribution is 6.30. The summed E-state index contributed by atoms with van der Waals surface area (Å²) in [7, 11) is 0. The first-order valence-electron chi connectivity index (χ1n) is 6.73. The lowest BCUT2D eigenvalue weighted by Crippen LogP contribution is -2.30. The second-order valence-electron chi connectivity index (χ2n) is 4.73. The van der Waals surface area contributed by atoms with E-state index in [0.717, 1.165) is 37.1 Å². The number of nitrogens with zero attached hydrogens (tertiary/aromatic N) is 2. The van der Waals surface area contributed by atoms with Crippen LogP contribution in [0.3, 0.4) is 0 Å². The first-order valence-corrected chi connectivity index (χ1v) is 7.11. The topological polar surface area (TPSA) is 66.9 Å². The number of aromatic nitrogens is 2. The standard InChI is InChI=1S/C13H19ClN4O/c1-2-3-10-11(14)17-8-18-12(10)15-6-7-16-13(19)9-4-5-9/h8-9H,2-7H2,1H3,(H,16,19)(H,15,17,18). The molecule has 1 aliphatic rings. The molecule has 1 aliphatic carbocycles. The number of anilines is 1. The first kappa shape index (κ1) is 14.1. The summed E-state index contributed by atoms with van der Waals surface area (Å²) in [6.45, 7) is 3.33. The second kappa shape index (κ2) is 6.70. The Balaban J connectivity index is 1.81. The van der Waals surface area contributed by atoms with Gasteiger partial charge in [-0.15, -0.1) is 0 Å². The van der Waals surface area contributed by atoms with E-state index in [1.165, 1.54) is 6.33 Å². The summed E-state index contributed by atoms with van der Waals surface area (Å²) in [5.74, 6) is 1.18. The summed E-state index contributed by atoms with van der Waals surface area (Å²) >= 11 is 6.06. The van der Waals surface area contributed by atoms with E-state index in [2.05, 4.69) is 27.5 Å². The van der Waals surface area contributed by atoms with Crippen LogP contribution in [0.4, 0.5) is 5.82 Å². The van der Waals surface area contributed by atoms with Crippen molar-refractivity contribution in [3.05, 3.63) is 17.0 Å². The van der Waals surface area contributed by atoms with Gasteiger partial charge in [0.05, 0.1) is 0 Å². The van der Waals surface area contributed by atoms with Crippen LogP contribution in [0.5, 0.6) is 0 Å². The average Bonchev–Trinajstić information content (AvgIpc) is 3.22. The molecule has 1 amide bonds. The van der Waals surface area contributed by atoms with Gasteiger partial charge in [-0.25, -0.2) is 9.97 Å². The molecule has 6 heteroatoms. The van der Waals surface area contributed by atoms with Crippen LogP contribution in [0.1, 0.15) is 31.7 Å². The van der Waals surface area contributed by atoms with Gasteiger partial charge in [-0.05, 0) is 19.3 Å². The molecular weight excluding hydrogens is 264 g/mol. The number of amides is 1. The highest BCUT2D eigenvalue weighted by Crippen LogP contribution is 2.28. The second-order valence-corrected chi connectivity index (χ2v) is 5.09. The molecule has 0 aliphatic heterocycles. The number of hydrogen-bond acceptors (Lipinski definition) is 4. The van der Waals surface area contributed by atoms with Crippen molar-refractivity contribution in [1.82, 2.24) is 15.3 Å². The SMILES string of the molecule is CCCc1c(Cl)ncnc1NCCNC(=O)C1CC1. The molecule has 19 heavy (non-hydrogen) atoms. The minimum absolute atomic E-state index is 0.163. The van der Waals surface area contributed by atoms with Crippen LogP contribution in [0.25, 0.3) is 0 Å². The Morgan fingerprint density at radius 3 is 2.89 bits per heavy atom. The smallest absolute Gasteiger partial charge is 0.223 e. The van der Waals surface area contributed by atoms with Crippen LogP contribution >= 0.6 is 11.6 Å². The number of halogens is 1. The van der Waals surface area contributed by atoms with Gasteiger partial charge in [0.25, 0.3) is 0 Å². The Bertz CT molecular complexity index is 448. The zero-order valence-electron chi connectivity index (χ0n) is 11.1. The number of carbonyl (C=O) groups excluding carboxylic acids is 1. The zero-order chi connectivity index (χ0) is 13.7. The molecule has 0 spiro atoms. The monoisotopic (exact) mass is 282 g/mol. The molecule has 2 N–H and O–H groups in total. The van der Waals surface area contributed by atoms with Crippen LogP contribution in [0.2, 0.25) is 5.15 Å². The van der Waals surface area contributed by atoms with Crippen molar-refractivity contribution in [2.75, 3.05) is 18.4 Å². The minimum Gasteiger partial charge on any atom is -0.368 e. The van der Waals surface area contributed by atoms with Crippen molar-refractivity contribution in [3.8, 4) is 0 Å². The summed E-state index contributed by atoms with van der Waals surface area (Å²) in [6.07, 6.45) is 5.34. The van der Waals surface area contributed by atoms with Crippen molar-refractivity contribution in [2.24, 2.45) is 5.92 Å². The van der Waals surface area contributed by atoms with E-state index in [-0.39, 0.29) is 11.8 Å². The zero-order valence-corrected chi connectivity index (χ0v) is 11.8. The molecule has 1 heterocycles. The molecule has 2 rings (SSSR count). The molecule has 0 saturated heterocycles. The van der Waals surface area contributed by atoms with Gasteiger partial charge >= 0.3 is 0 Å². The van der Waals surface area contributed by atoms with Crippen molar-refractivity contribution in [3.63, 3.8) is 0 Å². The van der Waals surface area contributed by atoms with Crippen LogP contribution in [0, 0.1) is 5.92 Å². The van der Waals surface area contributed by atoms with Crippen LogP contribution in [0.15, 0.2) is 6.33 Å². The fourth-order valence-electron chi connectivity index (χ4n) is 1.87. The summed E-state index contributed by atoms with van der Waals surface area (Å²) < 4.78 is 0. The minimum atomic E-state index is 0.163. The highest BCUT2D eigenvalue weighted by Gasteiger charge is 2.28. The maximum atomic E-state index is 11.5. The van der Waals surface area contributed by atoms with Crippen molar-refractivity contribution in [1.29, 1.82) is 0 Å². The average molecular weight is 283 g/mol. The van der Waals surface area contributed by atoms with Gasteiger partial charge in [0.2, 0.25) is 5.91 Å². The quantitative estimate of drug-likeness (QED) is 0.593. The number of nitrogens with one attached hydrogen (secondary N) is 2. The Morgan fingerprint density at radius 1 is 1.42 bits per heavy atom. The molecule has 1 aromatic rings. The molecule has 1 aromatic heterocycles. The Labute approximate surface area is 118 Å². The molecule has 0 bridgehead atoms. The summed E-state index contributed by atoms with van der Waals surface area (Å²) in [4.78, 5) is 19.6. The van der Waals surface area contributed by atoms with Crippen LogP contribution in [-0.4, -0.2) is 29.0 Å². The van der Waals surface area contributed by atoms with E-state index in [4.69, 9.17) is 11.6 Å². The molecule has 5 nitrogen and oxygen atoms in total. The summed E-state index contributed by atoms with van der Waals surface area (Å²) in [5.41, 5.74) is 0.945. The molecule has 0 atom stereocenters. The Morgan fingerprint density at radius 2 is 2.21 bits per heavy atom. The van der Waals surface area contributed by atoms with Gasteiger partial charge in [-0.3, -0.25) is 4.79 Å². The van der Waals surface area contributed by atoms with Crippen molar-refractivity contribution in [2.45, 2.75) is 32.6 Å². The van der Waals surface area contributed by atoms with Gasteiger partial charge in [0, 0.05) is 24.6 Å². The van der Waals surface area contributed by atoms with E-state index in [1.807, 2.05) is 0 Å². The highest BCUT2D eigenvalue weighted by atomic mass is 35.5. The van der Waals surface area contributed by atoms with Crippen LogP contribution < -0.4 is 10.6 Å². The largest absolute Gasteiger partial charge is 0.368 e. The third kappa shape index (κ3) is 4.06. The fourth-order valence-corrected chi connectivity index (χ4v) is 2.10. The molecular formula is C13H19ClN4O. The lowest BCUT2D eigenvalue weighted by molar-refractivity contribution is -0.122. The van der Waals surface area contributed by atoms with Gasteiger partial charge < -0.3 is 10.6 Å². The number of hydrogen-bond donors (Lipinski definition) is 2. The lowest BCUT2D eigenvalue weighted by Gasteiger charge is -2.11.